The van der Waals surface area contributed by atoms with E-state index in [9.17, 15) is 14.0 Å². The lowest BCUT2D eigenvalue weighted by Gasteiger charge is -2.07. The van der Waals surface area contributed by atoms with Crippen molar-refractivity contribution in [2.45, 2.75) is 12.1 Å². The molecule has 0 fully saturated rings. The lowest BCUT2D eigenvalue weighted by atomic mass is 10.2. The predicted octanol–water partition coefficient (Wildman–Crippen LogP) is 2.71. The zero-order valence-electron chi connectivity index (χ0n) is 14.8. The highest BCUT2D eigenvalue weighted by molar-refractivity contribution is 7.99. The fourth-order valence-electron chi connectivity index (χ4n) is 2.27. The first-order chi connectivity index (χ1) is 13.6. The highest BCUT2D eigenvalue weighted by Crippen LogP contribution is 2.20. The van der Waals surface area contributed by atoms with Crippen molar-refractivity contribution in [3.63, 3.8) is 0 Å². The second-order valence-electron chi connectivity index (χ2n) is 5.46. The average Bonchev–Trinajstić information content (AvgIpc) is 3.16. The fraction of sp³-hybridized carbons (Fsp3) is 0.167. The largest absolute Gasteiger partial charge is 0.462 e. The van der Waals surface area contributed by atoms with Gasteiger partial charge in [-0.2, -0.15) is 4.68 Å². The van der Waals surface area contributed by atoms with Crippen LogP contribution >= 0.6 is 11.8 Å². The number of amides is 1. The minimum absolute atomic E-state index is 0.0223. The molecule has 0 saturated carbocycles. The summed E-state index contributed by atoms with van der Waals surface area (Å²) in [6.07, 6.45) is 0. The van der Waals surface area contributed by atoms with Gasteiger partial charge >= 0.3 is 5.97 Å². The van der Waals surface area contributed by atoms with Crippen LogP contribution in [0, 0.1) is 5.82 Å². The first-order valence-electron chi connectivity index (χ1n) is 8.31. The summed E-state index contributed by atoms with van der Waals surface area (Å²) >= 11 is 1.07. The molecular weight excluding hydrogens is 385 g/mol. The van der Waals surface area contributed by atoms with Gasteiger partial charge in [-0.15, -0.1) is 5.10 Å². The standard InChI is InChI=1S/C18H16FN5O3S/c1-2-27-17(26)12-7-9-13(10-8-12)20-16(25)11-28-18-21-22-23-24(18)15-6-4-3-5-14(15)19/h3-10H,2,11H2,1H3,(H,20,25). The smallest absolute Gasteiger partial charge is 0.338 e. The van der Waals surface area contributed by atoms with Crippen molar-refractivity contribution >= 4 is 29.3 Å². The topological polar surface area (TPSA) is 99.0 Å². The van der Waals surface area contributed by atoms with E-state index in [0.717, 1.165) is 11.8 Å². The van der Waals surface area contributed by atoms with Crippen LogP contribution in [0.3, 0.4) is 0 Å². The zero-order valence-corrected chi connectivity index (χ0v) is 15.6. The number of nitrogens with zero attached hydrogens (tertiary/aromatic N) is 4. The van der Waals surface area contributed by atoms with Gasteiger partial charge in [0, 0.05) is 5.69 Å². The van der Waals surface area contributed by atoms with E-state index in [4.69, 9.17) is 4.74 Å². The molecule has 1 N–H and O–H groups in total. The van der Waals surface area contributed by atoms with Crippen molar-refractivity contribution in [3.05, 3.63) is 59.9 Å². The van der Waals surface area contributed by atoms with Gasteiger partial charge in [0.2, 0.25) is 11.1 Å². The van der Waals surface area contributed by atoms with Crippen LogP contribution in [0.4, 0.5) is 10.1 Å². The highest BCUT2D eigenvalue weighted by atomic mass is 32.2. The van der Waals surface area contributed by atoms with Crippen molar-refractivity contribution in [2.75, 3.05) is 17.7 Å². The second-order valence-corrected chi connectivity index (χ2v) is 6.40. The van der Waals surface area contributed by atoms with Gasteiger partial charge < -0.3 is 10.1 Å². The number of tetrazole rings is 1. The third-order valence-corrected chi connectivity index (χ3v) is 4.45. The van der Waals surface area contributed by atoms with Crippen molar-refractivity contribution in [1.29, 1.82) is 0 Å². The Morgan fingerprint density at radius 1 is 1.18 bits per heavy atom. The molecule has 3 aromatic rings. The molecule has 0 atom stereocenters. The number of carbonyl (C=O) groups excluding carboxylic acids is 2. The van der Waals surface area contributed by atoms with Crippen LogP contribution in [0.1, 0.15) is 17.3 Å². The monoisotopic (exact) mass is 401 g/mol. The molecule has 0 spiro atoms. The van der Waals surface area contributed by atoms with E-state index in [-0.39, 0.29) is 22.5 Å². The normalized spacial score (nSPS) is 10.5. The Kier molecular flexibility index (Phi) is 6.33. The Balaban J connectivity index is 1.59. The number of para-hydroxylation sites is 1. The summed E-state index contributed by atoms with van der Waals surface area (Å²) in [5, 5.41) is 14.1. The van der Waals surface area contributed by atoms with Crippen LogP contribution in [0.2, 0.25) is 0 Å². The van der Waals surface area contributed by atoms with Gasteiger partial charge in [-0.3, -0.25) is 4.79 Å². The van der Waals surface area contributed by atoms with E-state index in [0.29, 0.717) is 17.9 Å². The lowest BCUT2D eigenvalue weighted by molar-refractivity contribution is -0.113. The van der Waals surface area contributed by atoms with E-state index in [2.05, 4.69) is 20.8 Å². The first kappa shape index (κ1) is 19.5. The van der Waals surface area contributed by atoms with Crippen LogP contribution in [-0.4, -0.2) is 44.4 Å². The first-order valence-corrected chi connectivity index (χ1v) is 9.30. The third kappa shape index (κ3) is 4.71. The molecule has 1 heterocycles. The molecule has 0 radical (unpaired) electrons. The molecule has 10 heteroatoms. The van der Waals surface area contributed by atoms with Crippen LogP contribution in [0.25, 0.3) is 5.69 Å². The molecule has 0 aliphatic rings. The number of hydrogen-bond donors (Lipinski definition) is 1. The minimum atomic E-state index is -0.470. The Labute approximate surface area is 164 Å². The summed E-state index contributed by atoms with van der Waals surface area (Å²) in [5.74, 6) is -1.16. The van der Waals surface area contributed by atoms with Gasteiger partial charge in [-0.1, -0.05) is 23.9 Å². The summed E-state index contributed by atoms with van der Waals surface area (Å²) < 4.78 is 20.1. The van der Waals surface area contributed by atoms with Crippen LogP contribution in [0.15, 0.2) is 53.7 Å². The number of hydrogen-bond acceptors (Lipinski definition) is 7. The second kappa shape index (κ2) is 9.09. The summed E-state index contributed by atoms with van der Waals surface area (Å²) in [4.78, 5) is 23.8. The Morgan fingerprint density at radius 3 is 2.64 bits per heavy atom. The zero-order chi connectivity index (χ0) is 19.9. The van der Waals surface area contributed by atoms with E-state index in [1.54, 1.807) is 49.4 Å². The molecule has 0 saturated heterocycles. The fourth-order valence-corrected chi connectivity index (χ4v) is 2.96. The molecule has 2 aromatic carbocycles. The summed E-state index contributed by atoms with van der Waals surface area (Å²) in [6, 6.07) is 12.4. The van der Waals surface area contributed by atoms with E-state index in [1.165, 1.54) is 10.7 Å². The lowest BCUT2D eigenvalue weighted by Crippen LogP contribution is -2.15. The number of anilines is 1. The van der Waals surface area contributed by atoms with Gasteiger partial charge in [0.15, 0.2) is 0 Å². The molecule has 3 rings (SSSR count). The molecule has 144 valence electrons. The molecule has 0 aliphatic heterocycles. The van der Waals surface area contributed by atoms with E-state index >= 15 is 0 Å². The van der Waals surface area contributed by atoms with Crippen LogP contribution in [0.5, 0.6) is 0 Å². The maximum atomic E-state index is 13.9. The maximum Gasteiger partial charge on any atom is 0.338 e. The summed E-state index contributed by atoms with van der Waals surface area (Å²) in [7, 11) is 0. The Bertz CT molecular complexity index is 977. The van der Waals surface area contributed by atoms with Crippen molar-refractivity contribution in [1.82, 2.24) is 20.2 Å². The molecule has 0 aliphatic carbocycles. The number of nitrogens with one attached hydrogen (secondary N) is 1. The number of benzene rings is 2. The molecule has 1 aromatic heterocycles. The number of rotatable bonds is 7. The minimum Gasteiger partial charge on any atom is -0.462 e. The van der Waals surface area contributed by atoms with Crippen LogP contribution in [-0.2, 0) is 9.53 Å². The van der Waals surface area contributed by atoms with Crippen LogP contribution < -0.4 is 5.32 Å². The van der Waals surface area contributed by atoms with E-state index in [1.807, 2.05) is 0 Å². The quantitative estimate of drug-likeness (QED) is 0.480. The van der Waals surface area contributed by atoms with Crippen molar-refractivity contribution in [3.8, 4) is 5.69 Å². The van der Waals surface area contributed by atoms with Gasteiger partial charge in [0.25, 0.3) is 0 Å². The van der Waals surface area contributed by atoms with Crippen molar-refractivity contribution < 1.29 is 18.7 Å². The predicted molar refractivity (Wildman–Crippen MR) is 101 cm³/mol. The van der Waals surface area contributed by atoms with Gasteiger partial charge in [-0.05, 0) is 53.7 Å². The Morgan fingerprint density at radius 2 is 1.93 bits per heavy atom. The molecule has 8 nitrogen and oxygen atoms in total. The molecule has 0 bridgehead atoms. The van der Waals surface area contributed by atoms with Gasteiger partial charge in [0.05, 0.1) is 17.9 Å². The molecule has 28 heavy (non-hydrogen) atoms. The molecular formula is C18H16FN5O3S. The van der Waals surface area contributed by atoms with Crippen molar-refractivity contribution in [2.24, 2.45) is 0 Å². The highest BCUT2D eigenvalue weighted by Gasteiger charge is 2.14. The molecule has 0 unspecified atom stereocenters. The number of esters is 1. The van der Waals surface area contributed by atoms with Gasteiger partial charge in [0.1, 0.15) is 11.5 Å². The summed E-state index contributed by atoms with van der Waals surface area (Å²) in [5.41, 5.74) is 1.13. The summed E-state index contributed by atoms with van der Waals surface area (Å²) in [6.45, 7) is 2.02. The maximum absolute atomic E-state index is 13.9. The SMILES string of the molecule is CCOC(=O)c1ccc(NC(=O)CSc2nnnn2-c2ccccc2F)cc1. The number of aromatic nitrogens is 4. The average molecular weight is 401 g/mol. The molecule has 1 amide bonds. The van der Waals surface area contributed by atoms with Gasteiger partial charge in [-0.25, -0.2) is 9.18 Å². The van der Waals surface area contributed by atoms with E-state index < -0.39 is 11.8 Å². The third-order valence-electron chi connectivity index (χ3n) is 3.53. The number of thioether (sulfide) groups is 1. The Hall–Kier alpha value is -3.27. The number of carbonyl (C=O) groups is 2. The number of ether oxygens (including phenoxy) is 1. The number of halogens is 1.